The number of hydrogen-bond donors (Lipinski definition) is 0. The van der Waals surface area contributed by atoms with Crippen molar-refractivity contribution in [2.75, 3.05) is 0 Å². The highest BCUT2D eigenvalue weighted by Gasteiger charge is 1.95. The molecule has 0 amide bonds. The first-order valence-corrected chi connectivity index (χ1v) is 3.20. The standard InChI is InChI=1S/C8H15N/c1-6(2)8(5)9-7(3)4/h8H,1H2,2-5H3. The van der Waals surface area contributed by atoms with Crippen LogP contribution in [0.4, 0.5) is 0 Å². The van der Waals surface area contributed by atoms with Crippen molar-refractivity contribution >= 4 is 5.71 Å². The molecule has 1 nitrogen and oxygen atoms in total. The van der Waals surface area contributed by atoms with Gasteiger partial charge in [-0.25, -0.2) is 0 Å². The molecule has 0 rings (SSSR count). The third-order valence-electron chi connectivity index (χ3n) is 1.17. The molecule has 0 N–H and O–H groups in total. The van der Waals surface area contributed by atoms with Gasteiger partial charge in [-0.1, -0.05) is 12.2 Å². The molecule has 0 aliphatic carbocycles. The summed E-state index contributed by atoms with van der Waals surface area (Å²) >= 11 is 0. The molecular weight excluding hydrogens is 110 g/mol. The molecule has 0 spiro atoms. The minimum absolute atomic E-state index is 0.287. The molecule has 0 aliphatic heterocycles. The number of rotatable bonds is 2. The topological polar surface area (TPSA) is 12.4 Å². The minimum atomic E-state index is 0.287. The van der Waals surface area contributed by atoms with Crippen LogP contribution in [-0.2, 0) is 0 Å². The van der Waals surface area contributed by atoms with Gasteiger partial charge in [0, 0.05) is 5.71 Å². The van der Waals surface area contributed by atoms with E-state index in [1.165, 1.54) is 0 Å². The predicted molar refractivity (Wildman–Crippen MR) is 43.1 cm³/mol. The van der Waals surface area contributed by atoms with Crippen LogP contribution in [0.15, 0.2) is 17.1 Å². The molecule has 9 heavy (non-hydrogen) atoms. The lowest BCUT2D eigenvalue weighted by Gasteiger charge is -2.04. The van der Waals surface area contributed by atoms with E-state index in [2.05, 4.69) is 18.5 Å². The van der Waals surface area contributed by atoms with Gasteiger partial charge >= 0.3 is 0 Å². The maximum absolute atomic E-state index is 4.29. The summed E-state index contributed by atoms with van der Waals surface area (Å²) in [6.07, 6.45) is 0. The highest BCUT2D eigenvalue weighted by Crippen LogP contribution is 2.01. The van der Waals surface area contributed by atoms with Crippen molar-refractivity contribution in [2.24, 2.45) is 4.99 Å². The van der Waals surface area contributed by atoms with E-state index in [1.807, 2.05) is 20.8 Å². The van der Waals surface area contributed by atoms with Gasteiger partial charge in [0.15, 0.2) is 0 Å². The normalized spacial score (nSPS) is 12.4. The van der Waals surface area contributed by atoms with E-state index in [4.69, 9.17) is 0 Å². The maximum atomic E-state index is 4.29. The Labute approximate surface area is 57.5 Å². The minimum Gasteiger partial charge on any atom is -0.287 e. The van der Waals surface area contributed by atoms with Crippen LogP contribution in [0.25, 0.3) is 0 Å². The van der Waals surface area contributed by atoms with Gasteiger partial charge in [-0.2, -0.15) is 0 Å². The zero-order valence-corrected chi connectivity index (χ0v) is 6.73. The lowest BCUT2D eigenvalue weighted by atomic mass is 10.2. The average molecular weight is 125 g/mol. The van der Waals surface area contributed by atoms with Crippen LogP contribution in [0.5, 0.6) is 0 Å². The lowest BCUT2D eigenvalue weighted by molar-refractivity contribution is 0.864. The largest absolute Gasteiger partial charge is 0.287 e. The van der Waals surface area contributed by atoms with Crippen molar-refractivity contribution in [1.82, 2.24) is 0 Å². The van der Waals surface area contributed by atoms with Crippen LogP contribution in [-0.4, -0.2) is 11.8 Å². The molecule has 0 saturated heterocycles. The first-order chi connectivity index (χ1) is 4.04. The smallest absolute Gasteiger partial charge is 0.0674 e. The molecule has 0 aromatic carbocycles. The summed E-state index contributed by atoms with van der Waals surface area (Å²) in [7, 11) is 0. The zero-order chi connectivity index (χ0) is 7.44. The summed E-state index contributed by atoms with van der Waals surface area (Å²) in [6, 6.07) is 0.287. The fraction of sp³-hybridized carbons (Fsp3) is 0.625. The molecular formula is C8H15N. The molecule has 0 aromatic rings. The van der Waals surface area contributed by atoms with Gasteiger partial charge in [-0.3, -0.25) is 4.99 Å². The second-order valence-electron chi connectivity index (χ2n) is 2.60. The molecule has 52 valence electrons. The Morgan fingerprint density at radius 1 is 1.33 bits per heavy atom. The second-order valence-corrected chi connectivity index (χ2v) is 2.60. The van der Waals surface area contributed by atoms with E-state index in [1.54, 1.807) is 0 Å². The molecule has 0 fully saturated rings. The third kappa shape index (κ3) is 3.95. The van der Waals surface area contributed by atoms with Gasteiger partial charge in [0.05, 0.1) is 6.04 Å². The zero-order valence-electron chi connectivity index (χ0n) is 6.73. The van der Waals surface area contributed by atoms with Gasteiger partial charge < -0.3 is 0 Å². The molecule has 1 heteroatoms. The SMILES string of the molecule is C=C(C)C(C)N=C(C)C. The van der Waals surface area contributed by atoms with Crippen LogP contribution in [0, 0.1) is 0 Å². The maximum Gasteiger partial charge on any atom is 0.0674 e. The first-order valence-electron chi connectivity index (χ1n) is 3.20. The van der Waals surface area contributed by atoms with Gasteiger partial charge in [0.2, 0.25) is 0 Å². The van der Waals surface area contributed by atoms with Gasteiger partial charge in [0.25, 0.3) is 0 Å². The van der Waals surface area contributed by atoms with E-state index in [9.17, 15) is 0 Å². The van der Waals surface area contributed by atoms with Crippen molar-refractivity contribution in [1.29, 1.82) is 0 Å². The van der Waals surface area contributed by atoms with E-state index in [0.29, 0.717) is 0 Å². The lowest BCUT2D eigenvalue weighted by Crippen LogP contribution is -2.00. The quantitative estimate of drug-likeness (QED) is 0.397. The fourth-order valence-corrected chi connectivity index (χ4v) is 0.497. The second kappa shape index (κ2) is 3.44. The monoisotopic (exact) mass is 125 g/mol. The van der Waals surface area contributed by atoms with E-state index in [-0.39, 0.29) is 6.04 Å². The van der Waals surface area contributed by atoms with Crippen molar-refractivity contribution in [3.63, 3.8) is 0 Å². The molecule has 0 radical (unpaired) electrons. The number of nitrogens with zero attached hydrogens (tertiary/aromatic N) is 1. The summed E-state index contributed by atoms with van der Waals surface area (Å²) in [4.78, 5) is 4.29. The average Bonchev–Trinajstić information content (AvgIpc) is 1.63. The molecule has 0 heterocycles. The Morgan fingerprint density at radius 2 is 1.78 bits per heavy atom. The molecule has 0 aromatic heterocycles. The van der Waals surface area contributed by atoms with Crippen molar-refractivity contribution in [2.45, 2.75) is 33.7 Å². The molecule has 1 atom stereocenters. The van der Waals surface area contributed by atoms with E-state index < -0.39 is 0 Å². The third-order valence-corrected chi connectivity index (χ3v) is 1.17. The number of hydrogen-bond acceptors (Lipinski definition) is 1. The molecule has 0 bridgehead atoms. The first kappa shape index (κ1) is 8.41. The Bertz CT molecular complexity index is 130. The summed E-state index contributed by atoms with van der Waals surface area (Å²) in [5.41, 5.74) is 2.24. The Hall–Kier alpha value is -0.590. The summed E-state index contributed by atoms with van der Waals surface area (Å²) in [5, 5.41) is 0. The summed E-state index contributed by atoms with van der Waals surface area (Å²) in [6.45, 7) is 11.8. The number of aliphatic imine (C=N–C) groups is 1. The van der Waals surface area contributed by atoms with Crippen molar-refractivity contribution < 1.29 is 0 Å². The molecule has 1 unspecified atom stereocenters. The van der Waals surface area contributed by atoms with Crippen molar-refractivity contribution in [3.05, 3.63) is 12.2 Å². The molecule has 0 aliphatic rings. The Morgan fingerprint density at radius 3 is 1.89 bits per heavy atom. The predicted octanol–water partition coefficient (Wildman–Crippen LogP) is 2.43. The van der Waals surface area contributed by atoms with Gasteiger partial charge in [0.1, 0.15) is 0 Å². The van der Waals surface area contributed by atoms with E-state index in [0.717, 1.165) is 11.3 Å². The highest BCUT2D eigenvalue weighted by molar-refractivity contribution is 5.79. The van der Waals surface area contributed by atoms with Crippen LogP contribution < -0.4 is 0 Å². The van der Waals surface area contributed by atoms with Crippen LogP contribution >= 0.6 is 0 Å². The fourth-order valence-electron chi connectivity index (χ4n) is 0.497. The van der Waals surface area contributed by atoms with E-state index >= 15 is 0 Å². The molecule has 0 saturated carbocycles. The van der Waals surface area contributed by atoms with Crippen LogP contribution in [0.3, 0.4) is 0 Å². The highest BCUT2D eigenvalue weighted by atomic mass is 14.8. The van der Waals surface area contributed by atoms with Crippen LogP contribution in [0.2, 0.25) is 0 Å². The van der Waals surface area contributed by atoms with Crippen molar-refractivity contribution in [3.8, 4) is 0 Å². The Balaban J connectivity index is 3.91. The Kier molecular flexibility index (Phi) is 3.21. The summed E-state index contributed by atoms with van der Waals surface area (Å²) in [5.74, 6) is 0. The van der Waals surface area contributed by atoms with Gasteiger partial charge in [-0.15, -0.1) is 0 Å². The van der Waals surface area contributed by atoms with Crippen LogP contribution in [0.1, 0.15) is 27.7 Å². The van der Waals surface area contributed by atoms with Gasteiger partial charge in [-0.05, 0) is 27.7 Å². The summed E-state index contributed by atoms with van der Waals surface area (Å²) < 4.78 is 0.